The molecule has 0 saturated carbocycles. The third kappa shape index (κ3) is 7.54. The summed E-state index contributed by atoms with van der Waals surface area (Å²) in [6, 6.07) is 13.5. The number of carbonyl (C=O) groups excluding carboxylic acids is 2. The average Bonchev–Trinajstić information content (AvgIpc) is 3.26. The Balaban J connectivity index is 1.41. The zero-order valence-electron chi connectivity index (χ0n) is 17.9. The number of carbonyl (C=O) groups is 2. The fraction of sp³-hybridized carbons (Fsp3) is 0.217. The highest BCUT2D eigenvalue weighted by molar-refractivity contribution is 5.94. The Morgan fingerprint density at radius 1 is 1.06 bits per heavy atom. The predicted molar refractivity (Wildman–Crippen MR) is 116 cm³/mol. The number of furan rings is 1. The lowest BCUT2D eigenvalue weighted by atomic mass is 10.2. The molecule has 0 radical (unpaired) electrons. The van der Waals surface area contributed by atoms with Gasteiger partial charge in [-0.05, 0) is 55.5 Å². The van der Waals surface area contributed by atoms with Crippen molar-refractivity contribution in [2.24, 2.45) is 0 Å². The molecule has 1 unspecified atom stereocenters. The van der Waals surface area contributed by atoms with Crippen LogP contribution in [-0.4, -0.2) is 37.3 Å². The van der Waals surface area contributed by atoms with Gasteiger partial charge >= 0.3 is 6.36 Å². The topological polar surface area (TPSA) is 92.6 Å². The van der Waals surface area contributed by atoms with Crippen molar-refractivity contribution in [1.82, 2.24) is 10.6 Å². The van der Waals surface area contributed by atoms with E-state index in [1.54, 1.807) is 13.0 Å². The van der Waals surface area contributed by atoms with Crippen molar-refractivity contribution in [2.75, 3.05) is 18.4 Å². The van der Waals surface area contributed by atoms with Gasteiger partial charge in [-0.1, -0.05) is 12.1 Å². The summed E-state index contributed by atoms with van der Waals surface area (Å²) in [6.45, 7) is 1.70. The Bertz CT molecular complexity index is 1130. The van der Waals surface area contributed by atoms with E-state index in [1.807, 2.05) is 0 Å². The van der Waals surface area contributed by atoms with E-state index in [2.05, 4.69) is 20.7 Å². The Hall–Kier alpha value is -4.02. The van der Waals surface area contributed by atoms with Gasteiger partial charge < -0.3 is 25.1 Å². The molecule has 0 fully saturated rings. The standard InChI is InChI=1S/C23H21F4N3O4/c1-14(12-28-17-5-7-18(8-6-17)34-23(25,26)27)30-21(31)13-29-22(32)20-10-9-19(33-20)15-3-2-4-16(24)11-15/h2-11,14,28H,12-13H2,1H3,(H,29,32)(H,30,31). The van der Waals surface area contributed by atoms with Crippen molar-refractivity contribution in [3.05, 3.63) is 72.2 Å². The van der Waals surface area contributed by atoms with Crippen LogP contribution < -0.4 is 20.7 Å². The third-order valence-electron chi connectivity index (χ3n) is 4.46. The lowest BCUT2D eigenvalue weighted by Crippen LogP contribution is -2.43. The number of hydrogen-bond acceptors (Lipinski definition) is 5. The van der Waals surface area contributed by atoms with E-state index < -0.39 is 24.0 Å². The number of nitrogens with one attached hydrogen (secondary N) is 3. The summed E-state index contributed by atoms with van der Waals surface area (Å²) in [6.07, 6.45) is -4.76. The van der Waals surface area contributed by atoms with E-state index in [0.717, 1.165) is 0 Å². The van der Waals surface area contributed by atoms with E-state index in [0.29, 0.717) is 17.0 Å². The van der Waals surface area contributed by atoms with Gasteiger partial charge in [-0.3, -0.25) is 9.59 Å². The summed E-state index contributed by atoms with van der Waals surface area (Å²) in [5.41, 5.74) is 1.01. The molecule has 2 aromatic carbocycles. The molecule has 180 valence electrons. The van der Waals surface area contributed by atoms with Crippen molar-refractivity contribution >= 4 is 17.5 Å². The van der Waals surface area contributed by atoms with Crippen LogP contribution in [0.4, 0.5) is 23.2 Å². The first-order valence-electron chi connectivity index (χ1n) is 10.1. The molecule has 3 aromatic rings. The first-order valence-corrected chi connectivity index (χ1v) is 10.1. The third-order valence-corrected chi connectivity index (χ3v) is 4.46. The maximum atomic E-state index is 13.3. The monoisotopic (exact) mass is 479 g/mol. The van der Waals surface area contributed by atoms with Gasteiger partial charge in [0.2, 0.25) is 5.91 Å². The SMILES string of the molecule is CC(CNc1ccc(OC(F)(F)F)cc1)NC(=O)CNC(=O)c1ccc(-c2cccc(F)c2)o1. The molecule has 2 amide bonds. The summed E-state index contributed by atoms with van der Waals surface area (Å²) in [5, 5.41) is 8.08. The minimum atomic E-state index is -4.76. The van der Waals surface area contributed by atoms with Gasteiger partial charge in [0.05, 0.1) is 6.54 Å². The molecule has 1 aromatic heterocycles. The van der Waals surface area contributed by atoms with Crippen LogP contribution >= 0.6 is 0 Å². The van der Waals surface area contributed by atoms with Crippen molar-refractivity contribution in [3.8, 4) is 17.1 Å². The van der Waals surface area contributed by atoms with E-state index >= 15 is 0 Å². The van der Waals surface area contributed by atoms with Crippen molar-refractivity contribution in [2.45, 2.75) is 19.3 Å². The van der Waals surface area contributed by atoms with Gasteiger partial charge in [0.1, 0.15) is 17.3 Å². The molecule has 0 bridgehead atoms. The van der Waals surface area contributed by atoms with E-state index in [4.69, 9.17) is 4.42 Å². The molecule has 0 aliphatic carbocycles. The van der Waals surface area contributed by atoms with Crippen LogP contribution in [0.3, 0.4) is 0 Å². The number of benzene rings is 2. The molecule has 3 rings (SSSR count). The van der Waals surface area contributed by atoms with Crippen molar-refractivity contribution in [3.63, 3.8) is 0 Å². The number of alkyl halides is 3. The Morgan fingerprint density at radius 2 is 1.79 bits per heavy atom. The van der Waals surface area contributed by atoms with Crippen molar-refractivity contribution in [1.29, 1.82) is 0 Å². The summed E-state index contributed by atoms with van der Waals surface area (Å²) < 4.78 is 59.1. The molecule has 1 heterocycles. The molecule has 1 atom stereocenters. The molecule has 0 aliphatic heterocycles. The highest BCUT2D eigenvalue weighted by Gasteiger charge is 2.30. The maximum Gasteiger partial charge on any atom is 0.573 e. The van der Waals surface area contributed by atoms with Crippen LogP contribution in [0.1, 0.15) is 17.5 Å². The fourth-order valence-electron chi connectivity index (χ4n) is 2.93. The molecule has 7 nitrogen and oxygen atoms in total. The zero-order chi connectivity index (χ0) is 24.7. The molecule has 0 saturated heterocycles. The summed E-state index contributed by atoms with van der Waals surface area (Å²) in [5.74, 6) is -1.55. The van der Waals surface area contributed by atoms with Crippen LogP contribution in [0.5, 0.6) is 5.75 Å². The number of halogens is 4. The van der Waals surface area contributed by atoms with Crippen molar-refractivity contribution < 1.29 is 36.3 Å². The second-order valence-corrected chi connectivity index (χ2v) is 7.28. The molecule has 3 N–H and O–H groups in total. The highest BCUT2D eigenvalue weighted by Crippen LogP contribution is 2.24. The average molecular weight is 479 g/mol. The van der Waals surface area contributed by atoms with E-state index in [-0.39, 0.29) is 30.6 Å². The fourth-order valence-corrected chi connectivity index (χ4v) is 2.93. The van der Waals surface area contributed by atoms with E-state index in [9.17, 15) is 27.2 Å². The Kier molecular flexibility index (Phi) is 7.77. The molecule has 0 aliphatic rings. The minimum absolute atomic E-state index is 0.0280. The lowest BCUT2D eigenvalue weighted by Gasteiger charge is -2.16. The predicted octanol–water partition coefficient (Wildman–Crippen LogP) is 4.33. The Morgan fingerprint density at radius 3 is 2.47 bits per heavy atom. The number of anilines is 1. The second kappa shape index (κ2) is 10.7. The van der Waals surface area contributed by atoms with Gasteiger partial charge in [-0.25, -0.2) is 4.39 Å². The van der Waals surface area contributed by atoms with Crippen LogP contribution in [0.15, 0.2) is 65.1 Å². The molecular formula is C23H21F4N3O4. The summed E-state index contributed by atoms with van der Waals surface area (Å²) in [7, 11) is 0. The number of amides is 2. The number of hydrogen-bond donors (Lipinski definition) is 3. The zero-order valence-corrected chi connectivity index (χ0v) is 17.9. The molecule has 0 spiro atoms. The van der Waals surface area contributed by atoms with Gasteiger partial charge in [-0.2, -0.15) is 0 Å². The van der Waals surface area contributed by atoms with Crippen LogP contribution in [-0.2, 0) is 4.79 Å². The maximum absolute atomic E-state index is 13.3. The summed E-state index contributed by atoms with van der Waals surface area (Å²) >= 11 is 0. The van der Waals surface area contributed by atoms with Gasteiger partial charge in [0.25, 0.3) is 5.91 Å². The van der Waals surface area contributed by atoms with Crippen LogP contribution in [0.25, 0.3) is 11.3 Å². The lowest BCUT2D eigenvalue weighted by molar-refractivity contribution is -0.274. The van der Waals surface area contributed by atoms with E-state index in [1.165, 1.54) is 54.6 Å². The first-order chi connectivity index (χ1) is 16.1. The van der Waals surface area contributed by atoms with Crippen LogP contribution in [0, 0.1) is 5.82 Å². The normalized spacial score (nSPS) is 12.0. The van der Waals surface area contributed by atoms with Gasteiger partial charge in [0.15, 0.2) is 5.76 Å². The second-order valence-electron chi connectivity index (χ2n) is 7.28. The smallest absolute Gasteiger partial charge is 0.451 e. The quantitative estimate of drug-likeness (QED) is 0.398. The molecule has 11 heteroatoms. The molecular weight excluding hydrogens is 458 g/mol. The van der Waals surface area contributed by atoms with Gasteiger partial charge in [0, 0.05) is 23.8 Å². The largest absolute Gasteiger partial charge is 0.573 e. The number of ether oxygens (including phenoxy) is 1. The highest BCUT2D eigenvalue weighted by atomic mass is 19.4. The summed E-state index contributed by atoms with van der Waals surface area (Å²) in [4.78, 5) is 24.3. The molecule has 34 heavy (non-hydrogen) atoms. The first kappa shape index (κ1) is 24.6. The minimum Gasteiger partial charge on any atom is -0.451 e. The Labute approximate surface area is 192 Å². The van der Waals surface area contributed by atoms with Gasteiger partial charge in [-0.15, -0.1) is 13.2 Å². The number of rotatable bonds is 9. The van der Waals surface area contributed by atoms with Crippen LogP contribution in [0.2, 0.25) is 0 Å².